The lowest BCUT2D eigenvalue weighted by atomic mass is 9.73. The number of benzene rings is 1. The molecule has 3 atom stereocenters. The van der Waals surface area contributed by atoms with Crippen LogP contribution in [-0.2, 0) is 20.7 Å². The van der Waals surface area contributed by atoms with Gasteiger partial charge in [-0.25, -0.2) is 0 Å². The largest absolute Gasteiger partial charge is 0.481 e. The number of aliphatic carboxylic acids is 1. The van der Waals surface area contributed by atoms with E-state index in [2.05, 4.69) is 12.1 Å². The molecule has 1 aromatic carbocycles. The van der Waals surface area contributed by atoms with E-state index in [4.69, 9.17) is 4.74 Å². The number of carbonyl (C=O) groups is 2. The molecule has 4 nitrogen and oxygen atoms in total. The molecule has 0 bridgehead atoms. The third kappa shape index (κ3) is 3.81. The van der Waals surface area contributed by atoms with Crippen molar-refractivity contribution in [1.82, 2.24) is 0 Å². The van der Waals surface area contributed by atoms with Crippen LogP contribution in [0.3, 0.4) is 0 Å². The van der Waals surface area contributed by atoms with Gasteiger partial charge in [0.15, 0.2) is 0 Å². The summed E-state index contributed by atoms with van der Waals surface area (Å²) >= 11 is 0. The molecular formula is C19H26O4. The van der Waals surface area contributed by atoms with Gasteiger partial charge in [-0.2, -0.15) is 0 Å². The number of carboxylic acid groups (broad SMARTS) is 1. The maximum Gasteiger partial charge on any atom is 0.309 e. The summed E-state index contributed by atoms with van der Waals surface area (Å²) in [4.78, 5) is 24.5. The first-order valence-electron chi connectivity index (χ1n) is 8.20. The Kier molecular flexibility index (Phi) is 5.58. The van der Waals surface area contributed by atoms with Crippen molar-refractivity contribution in [3.63, 3.8) is 0 Å². The third-order valence-corrected chi connectivity index (χ3v) is 5.03. The summed E-state index contributed by atoms with van der Waals surface area (Å²) in [5, 5.41) is 9.54. The summed E-state index contributed by atoms with van der Waals surface area (Å²) in [7, 11) is 1.53. The molecule has 0 saturated heterocycles. The van der Waals surface area contributed by atoms with Crippen LogP contribution < -0.4 is 0 Å². The van der Waals surface area contributed by atoms with E-state index in [1.807, 2.05) is 20.8 Å². The number of carboxylic acids is 1. The summed E-state index contributed by atoms with van der Waals surface area (Å²) in [6, 6.07) is 4.15. The van der Waals surface area contributed by atoms with Crippen LogP contribution in [-0.4, -0.2) is 30.1 Å². The average molecular weight is 318 g/mol. The molecule has 1 saturated carbocycles. The Morgan fingerprint density at radius 2 is 1.78 bits per heavy atom. The fourth-order valence-corrected chi connectivity index (χ4v) is 3.91. The van der Waals surface area contributed by atoms with Gasteiger partial charge in [-0.05, 0) is 50.3 Å². The Morgan fingerprint density at radius 3 is 2.30 bits per heavy atom. The predicted octanol–water partition coefficient (Wildman–Crippen LogP) is 3.24. The maximum atomic E-state index is 12.8. The first-order chi connectivity index (χ1) is 10.8. The predicted molar refractivity (Wildman–Crippen MR) is 88.6 cm³/mol. The van der Waals surface area contributed by atoms with Gasteiger partial charge in [-0.3, -0.25) is 9.59 Å². The van der Waals surface area contributed by atoms with Crippen molar-refractivity contribution in [2.45, 2.75) is 52.6 Å². The van der Waals surface area contributed by atoms with Crippen molar-refractivity contribution < 1.29 is 19.4 Å². The van der Waals surface area contributed by atoms with Crippen molar-refractivity contribution in [3.8, 4) is 0 Å². The summed E-state index contributed by atoms with van der Waals surface area (Å²) in [5.74, 6) is -2.08. The topological polar surface area (TPSA) is 63.6 Å². The van der Waals surface area contributed by atoms with Crippen molar-refractivity contribution in [2.24, 2.45) is 11.8 Å². The van der Waals surface area contributed by atoms with E-state index in [0.29, 0.717) is 19.3 Å². The van der Waals surface area contributed by atoms with E-state index in [1.165, 1.54) is 12.7 Å². The van der Waals surface area contributed by atoms with Crippen LogP contribution >= 0.6 is 0 Å². The van der Waals surface area contributed by atoms with E-state index in [-0.39, 0.29) is 11.9 Å². The molecule has 1 aliphatic rings. The number of rotatable bonds is 5. The molecule has 1 fully saturated rings. The van der Waals surface area contributed by atoms with E-state index in [9.17, 15) is 14.7 Å². The van der Waals surface area contributed by atoms with Gasteiger partial charge in [0.05, 0.1) is 12.0 Å². The Hall–Kier alpha value is -1.68. The van der Waals surface area contributed by atoms with Crippen LogP contribution in [0.25, 0.3) is 0 Å². The second-order valence-corrected chi connectivity index (χ2v) is 6.70. The van der Waals surface area contributed by atoms with Crippen LogP contribution in [0.1, 0.15) is 41.5 Å². The van der Waals surface area contributed by atoms with Gasteiger partial charge in [0.25, 0.3) is 0 Å². The molecular weight excluding hydrogens is 292 g/mol. The molecule has 0 spiro atoms. The van der Waals surface area contributed by atoms with Crippen LogP contribution in [0.2, 0.25) is 0 Å². The van der Waals surface area contributed by atoms with Crippen LogP contribution in [0.4, 0.5) is 0 Å². The first-order valence-corrected chi connectivity index (χ1v) is 8.20. The van der Waals surface area contributed by atoms with E-state index < -0.39 is 17.8 Å². The Morgan fingerprint density at radius 1 is 1.17 bits per heavy atom. The van der Waals surface area contributed by atoms with Crippen molar-refractivity contribution in [2.75, 3.05) is 7.11 Å². The summed E-state index contributed by atoms with van der Waals surface area (Å²) in [6.07, 6.45) is 2.13. The molecule has 0 amide bonds. The molecule has 3 unspecified atom stereocenters. The molecule has 0 heterocycles. The second kappa shape index (κ2) is 7.26. The van der Waals surface area contributed by atoms with Crippen LogP contribution in [0.5, 0.6) is 0 Å². The van der Waals surface area contributed by atoms with Crippen molar-refractivity contribution in [1.29, 1.82) is 0 Å². The molecule has 0 radical (unpaired) electrons. The normalized spacial score (nSPS) is 24.4. The molecule has 23 heavy (non-hydrogen) atoms. The van der Waals surface area contributed by atoms with Gasteiger partial charge in [0.2, 0.25) is 0 Å². The standard InChI is InChI=1S/C19H26O4/c1-11-8-12(2)15(13(3)9-11)10-16(20)14-6-5-7-17(23-4)18(14)19(21)22/h8-9,14,17-18H,5-7,10H2,1-4H3,(H,21,22). The number of ketones is 1. The minimum Gasteiger partial charge on any atom is -0.481 e. The highest BCUT2D eigenvalue weighted by Crippen LogP contribution is 2.34. The van der Waals surface area contributed by atoms with Crippen LogP contribution in [0.15, 0.2) is 12.1 Å². The van der Waals surface area contributed by atoms with E-state index in [1.54, 1.807) is 0 Å². The maximum absolute atomic E-state index is 12.8. The number of ether oxygens (including phenoxy) is 1. The number of methoxy groups -OCH3 is 1. The van der Waals surface area contributed by atoms with Crippen molar-refractivity contribution in [3.05, 3.63) is 34.4 Å². The molecule has 1 aromatic rings. The first kappa shape index (κ1) is 17.7. The smallest absolute Gasteiger partial charge is 0.309 e. The minimum absolute atomic E-state index is 0.0224. The quantitative estimate of drug-likeness (QED) is 0.905. The van der Waals surface area contributed by atoms with Gasteiger partial charge in [0, 0.05) is 19.4 Å². The highest BCUT2D eigenvalue weighted by molar-refractivity contribution is 5.88. The summed E-state index contributed by atoms with van der Waals surface area (Å²) < 4.78 is 5.33. The Bertz CT molecular complexity index is 582. The van der Waals surface area contributed by atoms with E-state index >= 15 is 0 Å². The molecule has 4 heteroatoms. The second-order valence-electron chi connectivity index (χ2n) is 6.70. The lowest BCUT2D eigenvalue weighted by molar-refractivity contribution is -0.156. The zero-order valence-corrected chi connectivity index (χ0v) is 14.4. The highest BCUT2D eigenvalue weighted by atomic mass is 16.5. The Balaban J connectivity index is 2.24. The molecule has 126 valence electrons. The number of aryl methyl sites for hydroxylation is 3. The Labute approximate surface area is 137 Å². The number of hydrogen-bond acceptors (Lipinski definition) is 3. The van der Waals surface area contributed by atoms with Gasteiger partial charge < -0.3 is 9.84 Å². The number of hydrogen-bond donors (Lipinski definition) is 1. The molecule has 1 N–H and O–H groups in total. The summed E-state index contributed by atoms with van der Waals surface area (Å²) in [6.45, 7) is 6.06. The SMILES string of the molecule is COC1CCCC(C(=O)Cc2c(C)cc(C)cc2C)C1C(=O)O. The molecule has 2 rings (SSSR count). The number of carbonyl (C=O) groups excluding carboxylic acids is 1. The van der Waals surface area contributed by atoms with Gasteiger partial charge in [-0.15, -0.1) is 0 Å². The third-order valence-electron chi connectivity index (χ3n) is 5.03. The molecule has 1 aliphatic carbocycles. The minimum atomic E-state index is -0.924. The fraction of sp³-hybridized carbons (Fsp3) is 0.579. The van der Waals surface area contributed by atoms with Gasteiger partial charge >= 0.3 is 5.97 Å². The zero-order valence-electron chi connectivity index (χ0n) is 14.4. The monoisotopic (exact) mass is 318 g/mol. The lowest BCUT2D eigenvalue weighted by Crippen LogP contribution is -2.43. The zero-order chi connectivity index (χ0) is 17.1. The van der Waals surface area contributed by atoms with Crippen LogP contribution in [0, 0.1) is 32.6 Å². The summed E-state index contributed by atoms with van der Waals surface area (Å²) in [5.41, 5.74) is 4.41. The average Bonchev–Trinajstić information content (AvgIpc) is 2.49. The highest BCUT2D eigenvalue weighted by Gasteiger charge is 2.42. The lowest BCUT2D eigenvalue weighted by Gasteiger charge is -2.34. The van der Waals surface area contributed by atoms with Crippen molar-refractivity contribution >= 4 is 11.8 Å². The van der Waals surface area contributed by atoms with Gasteiger partial charge in [0.1, 0.15) is 5.78 Å². The van der Waals surface area contributed by atoms with Gasteiger partial charge in [-0.1, -0.05) is 24.1 Å². The molecule has 0 aromatic heterocycles. The van der Waals surface area contributed by atoms with E-state index in [0.717, 1.165) is 23.1 Å². The fourth-order valence-electron chi connectivity index (χ4n) is 3.91. The molecule has 0 aliphatic heterocycles. The number of Topliss-reactive ketones (excluding diaryl/α,β-unsaturated/α-hetero) is 1.